The standard InChI is InChI=1S/C54H92FN5O15S/c1-17-42-54(12,66)47(62)35(8)59(14)28-31(4)25-52(10,65)49(33(6)45(34(7)50(64)73-42)74-43-26-53(11,70-16)48(63)36(9)72-43)75-51-44(61)40(24-32(5)71-51)58(13)23-22-38-29-60(57-56-38)41(27-55)46(69-15)37-18-20-39(21-19-37)76(67,68)30(2)3/h18-21,29-36,40-49,51,61-63,65-66H,17,22-28H2,1-16H3/t31-,32-,33+,34-,35-,36+,40+,41-,42-,43+,44?,45+,46-,47-,48+,49-,51+,52-,53-,54-/m1/s1. The van der Waals surface area contributed by atoms with E-state index in [-0.39, 0.29) is 30.1 Å². The van der Waals surface area contributed by atoms with Crippen LogP contribution in [0.1, 0.15) is 132 Å². The molecule has 1 aromatic carbocycles. The summed E-state index contributed by atoms with van der Waals surface area (Å²) in [6, 6.07) is 4.17. The molecule has 5 N–H and O–H groups in total. The van der Waals surface area contributed by atoms with Crippen LogP contribution in [0.15, 0.2) is 35.4 Å². The van der Waals surface area contributed by atoms with E-state index in [0.29, 0.717) is 37.2 Å². The van der Waals surface area contributed by atoms with E-state index >= 15 is 0 Å². The number of nitrogens with zero attached hydrogens (tertiary/aromatic N) is 5. The molecule has 0 radical (unpaired) electrons. The lowest BCUT2D eigenvalue weighted by Crippen LogP contribution is -2.61. The molecule has 3 fully saturated rings. The summed E-state index contributed by atoms with van der Waals surface area (Å²) in [6.45, 7) is 20.4. The second-order valence-corrected chi connectivity index (χ2v) is 25.7. The van der Waals surface area contributed by atoms with Crippen molar-refractivity contribution >= 4 is 15.8 Å². The highest BCUT2D eigenvalue weighted by Gasteiger charge is 2.53. The van der Waals surface area contributed by atoms with E-state index in [1.165, 1.54) is 38.0 Å². The van der Waals surface area contributed by atoms with Gasteiger partial charge in [-0.3, -0.25) is 4.79 Å². The number of aliphatic hydroxyl groups excluding tert-OH is 3. The van der Waals surface area contributed by atoms with E-state index < -0.39 is 142 Å². The maximum atomic E-state index is 14.9. The maximum absolute atomic E-state index is 14.9. The smallest absolute Gasteiger partial charge is 0.311 e. The predicted molar refractivity (Wildman–Crippen MR) is 280 cm³/mol. The van der Waals surface area contributed by atoms with E-state index in [2.05, 4.69) is 10.3 Å². The number of aliphatic hydroxyl groups is 5. The van der Waals surface area contributed by atoms with Crippen LogP contribution >= 0.6 is 0 Å². The number of halogens is 1. The topological polar surface area (TPSA) is 254 Å². The van der Waals surface area contributed by atoms with Crippen LogP contribution in [0.2, 0.25) is 0 Å². The first-order valence-corrected chi connectivity index (χ1v) is 28.5. The molecular weight excluding hydrogens is 1010 g/mol. The quantitative estimate of drug-likeness (QED) is 0.139. The van der Waals surface area contributed by atoms with Gasteiger partial charge in [0.2, 0.25) is 0 Å². The molecule has 436 valence electrons. The van der Waals surface area contributed by atoms with Gasteiger partial charge in [-0.1, -0.05) is 38.1 Å². The predicted octanol–water partition coefficient (Wildman–Crippen LogP) is 4.19. The van der Waals surface area contributed by atoms with Gasteiger partial charge in [-0.25, -0.2) is 17.5 Å². The molecule has 5 rings (SSSR count). The van der Waals surface area contributed by atoms with Crippen molar-refractivity contribution in [2.45, 2.75) is 228 Å². The number of hydrogen-bond acceptors (Lipinski definition) is 19. The van der Waals surface area contributed by atoms with Crippen molar-refractivity contribution < 1.29 is 76.3 Å². The summed E-state index contributed by atoms with van der Waals surface area (Å²) in [5.74, 6) is -2.94. The van der Waals surface area contributed by atoms with Crippen molar-refractivity contribution in [2.75, 3.05) is 48.1 Å². The van der Waals surface area contributed by atoms with Crippen LogP contribution in [0.3, 0.4) is 0 Å². The van der Waals surface area contributed by atoms with Gasteiger partial charge in [-0.15, -0.1) is 5.10 Å². The molecule has 20 atom stereocenters. The number of sulfone groups is 1. The summed E-state index contributed by atoms with van der Waals surface area (Å²) >= 11 is 0. The SMILES string of the molecule is CC[C@H]1OC(=O)[C@H](C)[C@@H](O[C@H]2C[C@@](C)(OC)[C@@H](O)[C@H](C)O2)[C@H](C)[C@@H](O[C@@H]2O[C@H](C)C[C@H](N(C)CCc3cn([C@H](CF)[C@H](OC)c4ccc(S(=O)(=O)C(C)C)cc4)nn3)C2O)[C@](C)(O)C[C@@H](C)CN(C)[C@H](C)[C@@H](O)[C@]1(C)O. The van der Waals surface area contributed by atoms with E-state index in [1.807, 2.05) is 37.7 Å². The van der Waals surface area contributed by atoms with E-state index in [0.717, 1.165) is 0 Å². The van der Waals surface area contributed by atoms with Crippen LogP contribution in [0.5, 0.6) is 0 Å². The number of rotatable bonds is 17. The number of cyclic esters (lactones) is 1. The van der Waals surface area contributed by atoms with Gasteiger partial charge in [0, 0.05) is 64.3 Å². The summed E-state index contributed by atoms with van der Waals surface area (Å²) in [6.07, 6.45) is -8.53. The zero-order valence-electron chi connectivity index (χ0n) is 47.8. The number of hydrogen-bond donors (Lipinski definition) is 5. The van der Waals surface area contributed by atoms with Crippen molar-refractivity contribution in [3.8, 4) is 0 Å². The van der Waals surface area contributed by atoms with E-state index in [4.69, 9.17) is 33.2 Å². The number of ether oxygens (including phenoxy) is 7. The zero-order valence-corrected chi connectivity index (χ0v) is 48.6. The lowest BCUT2D eigenvalue weighted by Gasteiger charge is -2.49. The maximum Gasteiger partial charge on any atom is 0.311 e. The molecule has 3 aliphatic heterocycles. The fraction of sp³-hybridized carbons (Fsp3) is 0.833. The third-order valence-electron chi connectivity index (χ3n) is 16.6. The highest BCUT2D eigenvalue weighted by molar-refractivity contribution is 7.92. The van der Waals surface area contributed by atoms with Crippen molar-refractivity contribution in [3.05, 3.63) is 41.7 Å². The fourth-order valence-electron chi connectivity index (χ4n) is 11.6. The normalized spacial score (nSPS) is 38.8. The Kier molecular flexibility index (Phi) is 22.1. The Balaban J connectivity index is 1.43. The van der Waals surface area contributed by atoms with Crippen molar-refractivity contribution in [2.24, 2.45) is 17.8 Å². The molecule has 1 aromatic heterocycles. The minimum Gasteiger partial charge on any atom is -0.459 e. The Hall–Kier alpha value is -2.81. The minimum atomic E-state index is -3.51. The molecule has 1 unspecified atom stereocenters. The average molecular weight is 1100 g/mol. The third kappa shape index (κ3) is 14.4. The monoisotopic (exact) mass is 1100 g/mol. The third-order valence-corrected chi connectivity index (χ3v) is 18.8. The number of carbonyl (C=O) groups is 1. The van der Waals surface area contributed by atoms with Gasteiger partial charge >= 0.3 is 5.97 Å². The largest absolute Gasteiger partial charge is 0.459 e. The van der Waals surface area contributed by atoms with Crippen LogP contribution in [0.4, 0.5) is 4.39 Å². The summed E-state index contributed by atoms with van der Waals surface area (Å²) in [5.41, 5.74) is -3.52. The van der Waals surface area contributed by atoms with Crippen molar-refractivity contribution in [1.29, 1.82) is 0 Å². The number of carbonyl (C=O) groups excluding carboxylic acids is 1. The molecule has 4 heterocycles. The number of aromatic nitrogens is 3. The summed E-state index contributed by atoms with van der Waals surface area (Å²) in [7, 11) is 3.09. The van der Waals surface area contributed by atoms with Gasteiger partial charge in [0.05, 0.1) is 57.4 Å². The number of likely N-dealkylation sites (N-methyl/N-ethyl adjacent to an activating group) is 2. The molecule has 0 bridgehead atoms. The second-order valence-electron chi connectivity index (χ2n) is 23.2. The number of alkyl halides is 1. The Morgan fingerprint density at radius 3 is 2.18 bits per heavy atom. The van der Waals surface area contributed by atoms with Gasteiger partial charge in [0.25, 0.3) is 0 Å². The van der Waals surface area contributed by atoms with Gasteiger partial charge in [-0.05, 0) is 119 Å². The van der Waals surface area contributed by atoms with Crippen LogP contribution in [-0.2, 0) is 54.2 Å². The first-order chi connectivity index (χ1) is 35.4. The first-order valence-electron chi connectivity index (χ1n) is 27.0. The highest BCUT2D eigenvalue weighted by Crippen LogP contribution is 2.41. The Morgan fingerprint density at radius 1 is 0.961 bits per heavy atom. The molecule has 22 heteroatoms. The molecule has 0 saturated carbocycles. The molecular formula is C54H92FN5O15S. The van der Waals surface area contributed by atoms with Gasteiger partial charge in [0.1, 0.15) is 48.8 Å². The molecule has 2 aromatic rings. The number of esters is 1. The lowest BCUT2D eigenvalue weighted by molar-refractivity contribution is -0.318. The second kappa shape index (κ2) is 26.2. The Bertz CT molecular complexity index is 2260. The molecule has 3 saturated heterocycles. The van der Waals surface area contributed by atoms with Crippen LogP contribution in [0.25, 0.3) is 0 Å². The number of methoxy groups -OCH3 is 2. The van der Waals surface area contributed by atoms with Gasteiger partial charge < -0.3 is 68.5 Å². The summed E-state index contributed by atoms with van der Waals surface area (Å²) < 4.78 is 85.8. The summed E-state index contributed by atoms with van der Waals surface area (Å²) in [5, 5.41) is 67.8. The fourth-order valence-corrected chi connectivity index (χ4v) is 12.7. The van der Waals surface area contributed by atoms with Crippen LogP contribution < -0.4 is 0 Å². The molecule has 76 heavy (non-hydrogen) atoms. The molecule has 20 nitrogen and oxygen atoms in total. The first kappa shape index (κ1) is 64.0. The van der Waals surface area contributed by atoms with Crippen LogP contribution in [-0.4, -0.2) is 208 Å². The number of benzene rings is 1. The zero-order chi connectivity index (χ0) is 57.0. The van der Waals surface area contributed by atoms with Gasteiger partial charge in [-0.2, -0.15) is 0 Å². The van der Waals surface area contributed by atoms with Crippen molar-refractivity contribution in [1.82, 2.24) is 24.8 Å². The average Bonchev–Trinajstić information content (AvgIpc) is 3.84. The Morgan fingerprint density at radius 2 is 1.61 bits per heavy atom. The van der Waals surface area contributed by atoms with E-state index in [1.54, 1.807) is 80.6 Å². The van der Waals surface area contributed by atoms with Gasteiger partial charge in [0.15, 0.2) is 22.4 Å². The lowest BCUT2D eigenvalue weighted by atomic mass is 9.77. The highest BCUT2D eigenvalue weighted by atomic mass is 32.2. The van der Waals surface area contributed by atoms with E-state index in [9.17, 15) is 43.1 Å². The minimum absolute atomic E-state index is 0.0704. The Labute approximate surface area is 450 Å². The molecule has 0 amide bonds. The molecule has 3 aliphatic rings. The van der Waals surface area contributed by atoms with Crippen molar-refractivity contribution in [3.63, 3.8) is 0 Å². The van der Waals surface area contributed by atoms with Crippen LogP contribution in [0, 0.1) is 17.8 Å². The molecule has 0 aliphatic carbocycles. The molecule has 0 spiro atoms. The summed E-state index contributed by atoms with van der Waals surface area (Å²) in [4.78, 5) is 18.5.